The molecule has 1 aromatic heterocycles. The van der Waals surface area contributed by atoms with Crippen LogP contribution in [0.2, 0.25) is 5.02 Å². The van der Waals surface area contributed by atoms with Gasteiger partial charge in [-0.2, -0.15) is 0 Å². The summed E-state index contributed by atoms with van der Waals surface area (Å²) >= 11 is 9.61. The zero-order valence-corrected chi connectivity index (χ0v) is 19.1. The monoisotopic (exact) mass is 496 g/mol. The maximum atomic E-state index is 12.9. The van der Waals surface area contributed by atoms with E-state index >= 15 is 0 Å². The van der Waals surface area contributed by atoms with Crippen molar-refractivity contribution in [1.82, 2.24) is 14.8 Å². The lowest BCUT2D eigenvalue weighted by molar-refractivity contribution is 0.101. The minimum Gasteiger partial charge on any atom is -0.497 e. The van der Waals surface area contributed by atoms with Gasteiger partial charge in [0, 0.05) is 20.7 Å². The van der Waals surface area contributed by atoms with E-state index in [4.69, 9.17) is 16.3 Å². The number of carbonyl (C=O) groups is 1. The van der Waals surface area contributed by atoms with Gasteiger partial charge in [-0.1, -0.05) is 39.7 Å². The molecule has 1 amide bonds. The number of rotatable bonds is 5. The van der Waals surface area contributed by atoms with E-state index in [-0.39, 0.29) is 5.82 Å². The Kier molecular flexibility index (Phi) is 6.06. The van der Waals surface area contributed by atoms with Gasteiger partial charge in [0.15, 0.2) is 5.82 Å². The van der Waals surface area contributed by atoms with E-state index in [1.54, 1.807) is 23.9 Å². The lowest BCUT2D eigenvalue weighted by Gasteiger charge is -2.07. The first kappa shape index (κ1) is 21.1. The average Bonchev–Trinajstić information content (AvgIpc) is 3.21. The van der Waals surface area contributed by atoms with E-state index in [1.165, 1.54) is 0 Å². The molecule has 0 aliphatic heterocycles. The van der Waals surface area contributed by atoms with Crippen LogP contribution in [0.4, 0.5) is 5.69 Å². The van der Waals surface area contributed by atoms with Crippen LogP contribution in [-0.2, 0) is 0 Å². The number of carbonyl (C=O) groups excluding carboxylic acids is 1. The van der Waals surface area contributed by atoms with Crippen LogP contribution >= 0.6 is 27.5 Å². The number of anilines is 1. The molecule has 1 heterocycles. The van der Waals surface area contributed by atoms with Gasteiger partial charge in [0.2, 0.25) is 5.82 Å². The molecule has 6 nitrogen and oxygen atoms in total. The lowest BCUT2D eigenvalue weighted by Crippen LogP contribution is -2.15. The van der Waals surface area contributed by atoms with Gasteiger partial charge in [-0.3, -0.25) is 4.79 Å². The summed E-state index contributed by atoms with van der Waals surface area (Å²) in [4.78, 5) is 17.5. The first-order valence-electron chi connectivity index (χ1n) is 9.39. The van der Waals surface area contributed by atoms with Crippen LogP contribution in [0, 0.1) is 6.92 Å². The molecule has 0 saturated heterocycles. The van der Waals surface area contributed by atoms with Crippen LogP contribution in [0.1, 0.15) is 16.2 Å². The summed E-state index contributed by atoms with van der Waals surface area (Å²) < 4.78 is 7.79. The summed E-state index contributed by atoms with van der Waals surface area (Å²) in [5.74, 6) is 0.872. The molecule has 0 unspecified atom stereocenters. The summed E-state index contributed by atoms with van der Waals surface area (Å²) in [6.45, 7) is 1.92. The molecule has 0 spiro atoms. The maximum Gasteiger partial charge on any atom is 0.295 e. The molecular formula is C23H18BrClN4O2. The first-order valence-corrected chi connectivity index (χ1v) is 10.6. The van der Waals surface area contributed by atoms with Crippen molar-refractivity contribution in [3.63, 3.8) is 0 Å². The fraction of sp³-hybridized carbons (Fsp3) is 0.0870. The third-order valence-electron chi connectivity index (χ3n) is 4.65. The second kappa shape index (κ2) is 8.91. The Hall–Kier alpha value is -3.16. The molecule has 0 atom stereocenters. The van der Waals surface area contributed by atoms with Gasteiger partial charge in [-0.15, -0.1) is 5.10 Å². The van der Waals surface area contributed by atoms with Gasteiger partial charge in [0.25, 0.3) is 5.91 Å². The number of hydrogen-bond donors (Lipinski definition) is 1. The van der Waals surface area contributed by atoms with Crippen molar-refractivity contribution in [2.75, 3.05) is 12.4 Å². The van der Waals surface area contributed by atoms with E-state index < -0.39 is 5.91 Å². The van der Waals surface area contributed by atoms with Gasteiger partial charge < -0.3 is 10.1 Å². The van der Waals surface area contributed by atoms with Crippen molar-refractivity contribution in [2.24, 2.45) is 0 Å². The van der Waals surface area contributed by atoms with E-state index in [2.05, 4.69) is 31.3 Å². The Morgan fingerprint density at radius 3 is 2.55 bits per heavy atom. The summed E-state index contributed by atoms with van der Waals surface area (Å²) in [5.41, 5.74) is 3.10. The highest BCUT2D eigenvalue weighted by atomic mass is 79.9. The molecule has 3 aromatic carbocycles. The van der Waals surface area contributed by atoms with Crippen LogP contribution in [-0.4, -0.2) is 27.8 Å². The van der Waals surface area contributed by atoms with Gasteiger partial charge in [-0.05, 0) is 67.1 Å². The molecule has 0 radical (unpaired) electrons. The number of methoxy groups -OCH3 is 1. The van der Waals surface area contributed by atoms with E-state index in [1.807, 2.05) is 61.5 Å². The summed E-state index contributed by atoms with van der Waals surface area (Å²) in [5, 5.41) is 7.94. The Labute approximate surface area is 193 Å². The minimum atomic E-state index is -0.402. The maximum absolute atomic E-state index is 12.9. The topological polar surface area (TPSA) is 69.0 Å². The van der Waals surface area contributed by atoms with E-state index in [9.17, 15) is 4.79 Å². The highest BCUT2D eigenvalue weighted by Gasteiger charge is 2.20. The number of halogens is 2. The second-order valence-electron chi connectivity index (χ2n) is 6.79. The number of nitrogens with zero attached hydrogens (tertiary/aromatic N) is 3. The Bertz CT molecular complexity index is 1250. The quantitative estimate of drug-likeness (QED) is 0.372. The Morgan fingerprint density at radius 2 is 1.87 bits per heavy atom. The van der Waals surface area contributed by atoms with Crippen LogP contribution in [0.3, 0.4) is 0 Å². The van der Waals surface area contributed by atoms with Crippen LogP contribution in [0.25, 0.3) is 17.1 Å². The Morgan fingerprint density at radius 1 is 1.10 bits per heavy atom. The average molecular weight is 498 g/mol. The molecule has 0 aliphatic rings. The molecule has 156 valence electrons. The molecule has 4 rings (SSSR count). The molecule has 1 N–H and O–H groups in total. The zero-order valence-electron chi connectivity index (χ0n) is 16.8. The molecule has 0 fully saturated rings. The van der Waals surface area contributed by atoms with Crippen molar-refractivity contribution in [3.8, 4) is 22.8 Å². The number of nitrogens with one attached hydrogen (secondary N) is 1. The molecule has 8 heteroatoms. The fourth-order valence-electron chi connectivity index (χ4n) is 3.07. The fourth-order valence-corrected chi connectivity index (χ4v) is 3.74. The highest BCUT2D eigenvalue weighted by Crippen LogP contribution is 2.26. The number of amides is 1. The van der Waals surface area contributed by atoms with Crippen molar-refractivity contribution in [1.29, 1.82) is 0 Å². The zero-order chi connectivity index (χ0) is 22.0. The van der Waals surface area contributed by atoms with Crippen LogP contribution in [0.15, 0.2) is 71.2 Å². The number of hydrogen-bond acceptors (Lipinski definition) is 4. The standard InChI is InChI=1S/C23H18BrClN4O2/c1-14-12-16(24)6-11-20(14)26-23(30)21-27-22(15-4-3-5-17(25)13-15)29(28-21)18-7-9-19(31-2)10-8-18/h3-13H,1-2H3,(H,26,30). The number of aryl methyl sites for hydroxylation is 1. The second-order valence-corrected chi connectivity index (χ2v) is 8.14. The highest BCUT2D eigenvalue weighted by molar-refractivity contribution is 9.10. The molecule has 0 bridgehead atoms. The predicted molar refractivity (Wildman–Crippen MR) is 125 cm³/mol. The summed E-state index contributed by atoms with van der Waals surface area (Å²) in [7, 11) is 1.61. The molecule has 31 heavy (non-hydrogen) atoms. The van der Waals surface area contributed by atoms with Gasteiger partial charge >= 0.3 is 0 Å². The van der Waals surface area contributed by atoms with E-state index in [0.717, 1.165) is 27.0 Å². The van der Waals surface area contributed by atoms with Crippen molar-refractivity contribution >= 4 is 39.1 Å². The lowest BCUT2D eigenvalue weighted by atomic mass is 10.2. The third-order valence-corrected chi connectivity index (χ3v) is 5.38. The van der Waals surface area contributed by atoms with Crippen molar-refractivity contribution in [3.05, 3.63) is 87.6 Å². The smallest absolute Gasteiger partial charge is 0.295 e. The van der Waals surface area contributed by atoms with Gasteiger partial charge in [-0.25, -0.2) is 9.67 Å². The van der Waals surface area contributed by atoms with Gasteiger partial charge in [0.1, 0.15) is 5.75 Å². The molecular weight excluding hydrogens is 480 g/mol. The number of benzene rings is 3. The number of aromatic nitrogens is 3. The van der Waals surface area contributed by atoms with Gasteiger partial charge in [0.05, 0.1) is 12.8 Å². The largest absolute Gasteiger partial charge is 0.497 e. The molecule has 0 saturated carbocycles. The molecule has 4 aromatic rings. The number of ether oxygens (including phenoxy) is 1. The predicted octanol–water partition coefficient (Wildman–Crippen LogP) is 5.92. The third kappa shape index (κ3) is 4.62. The summed E-state index contributed by atoms with van der Waals surface area (Å²) in [6.07, 6.45) is 0. The molecule has 0 aliphatic carbocycles. The van der Waals surface area contributed by atoms with Crippen molar-refractivity contribution < 1.29 is 9.53 Å². The SMILES string of the molecule is COc1ccc(-n2nc(C(=O)Nc3ccc(Br)cc3C)nc2-c2cccc(Cl)c2)cc1. The van der Waals surface area contributed by atoms with Crippen LogP contribution < -0.4 is 10.1 Å². The summed E-state index contributed by atoms with van der Waals surface area (Å²) in [6, 6.07) is 20.2. The minimum absolute atomic E-state index is 0.0492. The normalized spacial score (nSPS) is 10.7. The van der Waals surface area contributed by atoms with Crippen molar-refractivity contribution in [2.45, 2.75) is 6.92 Å². The first-order chi connectivity index (χ1) is 14.9. The Balaban J connectivity index is 1.75. The van der Waals surface area contributed by atoms with Crippen LogP contribution in [0.5, 0.6) is 5.75 Å². The van der Waals surface area contributed by atoms with E-state index in [0.29, 0.717) is 16.5 Å².